The minimum Gasteiger partial charge on any atom is -0.486 e. The Morgan fingerprint density at radius 1 is 0.970 bits per heavy atom. The maximum Gasteiger partial charge on any atom is 0.305 e. The largest absolute Gasteiger partial charge is 0.486 e. The van der Waals surface area contributed by atoms with Gasteiger partial charge in [0.05, 0.1) is 5.69 Å². The Labute approximate surface area is 190 Å². The Balaban J connectivity index is 1.33. The molecule has 1 aromatic heterocycles. The fourth-order valence-corrected chi connectivity index (χ4v) is 3.28. The summed E-state index contributed by atoms with van der Waals surface area (Å²) in [6.07, 6.45) is 0.133. The number of furan rings is 1. The zero-order valence-corrected chi connectivity index (χ0v) is 17.9. The van der Waals surface area contributed by atoms with Crippen molar-refractivity contribution in [2.45, 2.75) is 26.0 Å². The second-order valence-electron chi connectivity index (χ2n) is 7.33. The predicted octanol–water partition coefficient (Wildman–Crippen LogP) is 2.84. The summed E-state index contributed by atoms with van der Waals surface area (Å²) in [5, 5.41) is 5.81. The monoisotopic (exact) mass is 446 g/mol. The second kappa shape index (κ2) is 9.82. The van der Waals surface area contributed by atoms with E-state index in [0.717, 1.165) is 0 Å². The molecule has 168 valence electrons. The van der Waals surface area contributed by atoms with Crippen LogP contribution in [0.3, 0.4) is 0 Å². The molecular weight excluding hydrogens is 424 g/mol. The molecule has 9 nitrogen and oxygen atoms in total. The highest BCUT2D eigenvalue weighted by Gasteiger charge is 2.34. The first kappa shape index (κ1) is 21.8. The number of Topliss-reactive ketones (excluding diaryl/α,β-unsaturated/α-hetero) is 1. The van der Waals surface area contributed by atoms with Gasteiger partial charge in [-0.3, -0.25) is 30.2 Å². The van der Waals surface area contributed by atoms with Gasteiger partial charge in [-0.25, -0.2) is 0 Å². The number of nitrogens with one attached hydrogen (secondary N) is 2. The highest BCUT2D eigenvalue weighted by atomic mass is 16.5. The van der Waals surface area contributed by atoms with Crippen molar-refractivity contribution in [3.8, 4) is 5.75 Å². The summed E-state index contributed by atoms with van der Waals surface area (Å²) < 4.78 is 11.1. The topological polar surface area (TPSA) is 113 Å². The van der Waals surface area contributed by atoms with Crippen molar-refractivity contribution in [3.63, 3.8) is 0 Å². The van der Waals surface area contributed by atoms with E-state index in [1.165, 1.54) is 18.0 Å². The van der Waals surface area contributed by atoms with E-state index in [9.17, 15) is 14.4 Å². The number of hydrogen-bond acceptors (Lipinski definition) is 7. The molecule has 2 heterocycles. The molecule has 2 N–H and O–H groups in total. The van der Waals surface area contributed by atoms with Crippen LogP contribution in [0.4, 0.5) is 5.69 Å². The van der Waals surface area contributed by atoms with Crippen LogP contribution in [0.15, 0.2) is 82.3 Å². The zero-order chi connectivity index (χ0) is 23.2. The van der Waals surface area contributed by atoms with E-state index in [2.05, 4.69) is 16.0 Å². The lowest BCUT2D eigenvalue weighted by Crippen LogP contribution is -2.44. The Morgan fingerprint density at radius 3 is 2.33 bits per heavy atom. The average Bonchev–Trinajstić information content (AvgIpc) is 3.50. The molecule has 2 aromatic carbocycles. The summed E-state index contributed by atoms with van der Waals surface area (Å²) in [6, 6.07) is 20.8. The zero-order valence-electron chi connectivity index (χ0n) is 17.9. The minimum absolute atomic E-state index is 0.0165. The number of para-hydroxylation sites is 2. The lowest BCUT2D eigenvalue weighted by Gasteiger charge is -2.20. The van der Waals surface area contributed by atoms with E-state index < -0.39 is 17.9 Å². The molecule has 2 amide bonds. The molecule has 0 aliphatic carbocycles. The normalized spacial score (nSPS) is 15.0. The van der Waals surface area contributed by atoms with Crippen molar-refractivity contribution >= 4 is 29.0 Å². The molecular formula is C24H22N4O5. The number of hydrogen-bond donors (Lipinski definition) is 2. The van der Waals surface area contributed by atoms with Crippen molar-refractivity contribution in [1.82, 2.24) is 10.9 Å². The smallest absolute Gasteiger partial charge is 0.305 e. The highest BCUT2D eigenvalue weighted by Crippen LogP contribution is 2.25. The summed E-state index contributed by atoms with van der Waals surface area (Å²) >= 11 is 0. The standard InChI is InChI=1S/C24H22N4O5/c1-16(29)21-14-20(27-28(21)17-8-4-2-5-9-17)23(30)25-26-24(31)22-13-12-19(33-22)15-32-18-10-6-3-7-11-18/h2-13,21H,14-15H2,1H3,(H,25,30)(H,26,31)/t21-/m0/s1. The van der Waals surface area contributed by atoms with Gasteiger partial charge in [0.15, 0.2) is 11.5 Å². The molecule has 0 radical (unpaired) electrons. The first-order valence-electron chi connectivity index (χ1n) is 10.3. The lowest BCUT2D eigenvalue weighted by atomic mass is 10.1. The minimum atomic E-state index is -0.629. The number of amides is 2. The van der Waals surface area contributed by atoms with Crippen molar-refractivity contribution in [3.05, 3.63) is 84.3 Å². The lowest BCUT2D eigenvalue weighted by molar-refractivity contribution is -0.118. The maximum atomic E-state index is 12.5. The summed E-state index contributed by atoms with van der Waals surface area (Å²) in [6.45, 7) is 1.61. The van der Waals surface area contributed by atoms with Gasteiger partial charge in [-0.05, 0) is 43.3 Å². The Kier molecular flexibility index (Phi) is 6.49. The SMILES string of the molecule is CC(=O)[C@@H]1CC(C(=O)NNC(=O)c2ccc(COc3ccccc3)o2)=NN1c1ccccc1. The van der Waals surface area contributed by atoms with Crippen LogP contribution in [0.1, 0.15) is 29.7 Å². The number of hydrazine groups is 1. The fraction of sp³-hybridized carbons (Fsp3) is 0.167. The van der Waals surface area contributed by atoms with Crippen LogP contribution in [0.5, 0.6) is 5.75 Å². The number of ether oxygens (including phenoxy) is 1. The van der Waals surface area contributed by atoms with Gasteiger partial charge >= 0.3 is 5.91 Å². The Morgan fingerprint density at radius 2 is 1.64 bits per heavy atom. The molecule has 0 fully saturated rings. The number of carbonyl (C=O) groups is 3. The first-order valence-corrected chi connectivity index (χ1v) is 10.3. The molecule has 1 atom stereocenters. The van der Waals surface area contributed by atoms with Crippen molar-refractivity contribution in [2.24, 2.45) is 5.10 Å². The van der Waals surface area contributed by atoms with Gasteiger partial charge < -0.3 is 9.15 Å². The molecule has 3 aromatic rings. The van der Waals surface area contributed by atoms with Crippen molar-refractivity contribution in [2.75, 3.05) is 5.01 Å². The summed E-state index contributed by atoms with van der Waals surface area (Å²) in [5.41, 5.74) is 5.46. The maximum absolute atomic E-state index is 12.5. The molecule has 0 unspecified atom stereocenters. The number of rotatable bonds is 7. The number of hydrazone groups is 1. The molecule has 1 aliphatic rings. The van der Waals surface area contributed by atoms with Crippen LogP contribution in [0.25, 0.3) is 0 Å². The van der Waals surface area contributed by atoms with E-state index in [1.54, 1.807) is 18.2 Å². The molecule has 0 spiro atoms. The number of anilines is 1. The average molecular weight is 446 g/mol. The van der Waals surface area contributed by atoms with Crippen LogP contribution in [0.2, 0.25) is 0 Å². The van der Waals surface area contributed by atoms with Gasteiger partial charge in [0.1, 0.15) is 29.9 Å². The summed E-state index contributed by atoms with van der Waals surface area (Å²) in [4.78, 5) is 36.9. The third kappa shape index (κ3) is 5.27. The van der Waals surface area contributed by atoms with Gasteiger partial charge in [0, 0.05) is 6.42 Å². The van der Waals surface area contributed by atoms with E-state index in [1.807, 2.05) is 48.5 Å². The first-order chi connectivity index (χ1) is 16.0. The van der Waals surface area contributed by atoms with Crippen LogP contribution >= 0.6 is 0 Å². The van der Waals surface area contributed by atoms with Gasteiger partial charge in [0.25, 0.3) is 5.91 Å². The van der Waals surface area contributed by atoms with Crippen LogP contribution in [-0.4, -0.2) is 29.4 Å². The molecule has 0 bridgehead atoms. The van der Waals surface area contributed by atoms with Gasteiger partial charge in [0.2, 0.25) is 0 Å². The number of benzene rings is 2. The fourth-order valence-electron chi connectivity index (χ4n) is 3.28. The van der Waals surface area contributed by atoms with Crippen LogP contribution in [0, 0.1) is 0 Å². The molecule has 9 heteroatoms. The summed E-state index contributed by atoms with van der Waals surface area (Å²) in [7, 11) is 0. The van der Waals surface area contributed by atoms with Gasteiger partial charge in [-0.1, -0.05) is 36.4 Å². The van der Waals surface area contributed by atoms with Crippen LogP contribution in [-0.2, 0) is 16.2 Å². The number of carbonyl (C=O) groups excluding carboxylic acids is 3. The van der Waals surface area contributed by atoms with Gasteiger partial charge in [-0.2, -0.15) is 5.10 Å². The Hall–Kier alpha value is -4.40. The van der Waals surface area contributed by atoms with E-state index in [0.29, 0.717) is 17.2 Å². The predicted molar refractivity (Wildman–Crippen MR) is 121 cm³/mol. The molecule has 4 rings (SSSR count). The van der Waals surface area contributed by atoms with Crippen LogP contribution < -0.4 is 20.6 Å². The quantitative estimate of drug-likeness (QED) is 0.540. The number of nitrogens with zero attached hydrogens (tertiary/aromatic N) is 2. The highest BCUT2D eigenvalue weighted by molar-refractivity contribution is 6.40. The molecule has 33 heavy (non-hydrogen) atoms. The van der Waals surface area contributed by atoms with Crippen molar-refractivity contribution < 1.29 is 23.5 Å². The molecule has 0 saturated heterocycles. The molecule has 0 saturated carbocycles. The van der Waals surface area contributed by atoms with E-state index in [-0.39, 0.29) is 30.3 Å². The summed E-state index contributed by atoms with van der Waals surface area (Å²) in [5.74, 6) is -0.197. The van der Waals surface area contributed by atoms with Gasteiger partial charge in [-0.15, -0.1) is 0 Å². The van der Waals surface area contributed by atoms with Crippen molar-refractivity contribution in [1.29, 1.82) is 0 Å². The van der Waals surface area contributed by atoms with E-state index >= 15 is 0 Å². The molecule has 1 aliphatic heterocycles. The third-order valence-corrected chi connectivity index (χ3v) is 4.96. The Bertz CT molecular complexity index is 1170. The third-order valence-electron chi connectivity index (χ3n) is 4.96. The van der Waals surface area contributed by atoms with E-state index in [4.69, 9.17) is 9.15 Å². The second-order valence-corrected chi connectivity index (χ2v) is 7.33. The number of ketones is 1.